The van der Waals surface area contributed by atoms with Gasteiger partial charge in [0, 0.05) is 42.6 Å². The number of piperazine rings is 1. The fraction of sp³-hybridized carbons (Fsp3) is 0.600. The standard InChI is InChI=1S/C20H26N2O2S/c23-19(15-4-1-2-5-15)21-9-11-22(12-10-21)20(24)17-7-8-18-16(14-17)6-3-13-25-18/h7-8,14-15H,1-6,9-13H2. The third kappa shape index (κ3) is 3.57. The maximum Gasteiger partial charge on any atom is 0.253 e. The smallest absolute Gasteiger partial charge is 0.253 e. The van der Waals surface area contributed by atoms with Gasteiger partial charge in [-0.05, 0) is 55.2 Å². The second-order valence-electron chi connectivity index (χ2n) is 7.37. The number of rotatable bonds is 2. The van der Waals surface area contributed by atoms with Gasteiger partial charge in [0.15, 0.2) is 0 Å². The van der Waals surface area contributed by atoms with Gasteiger partial charge in [-0.2, -0.15) is 0 Å². The highest BCUT2D eigenvalue weighted by Gasteiger charge is 2.30. The molecule has 0 atom stereocenters. The molecule has 2 amide bonds. The van der Waals surface area contributed by atoms with Crippen LogP contribution in [0.25, 0.3) is 0 Å². The Morgan fingerprint density at radius 2 is 1.68 bits per heavy atom. The van der Waals surface area contributed by atoms with E-state index in [4.69, 9.17) is 0 Å². The first-order chi connectivity index (χ1) is 12.2. The Morgan fingerprint density at radius 1 is 0.960 bits per heavy atom. The number of benzene rings is 1. The molecule has 2 aliphatic heterocycles. The van der Waals surface area contributed by atoms with Crippen LogP contribution >= 0.6 is 11.8 Å². The van der Waals surface area contributed by atoms with Crippen LogP contribution in [0.2, 0.25) is 0 Å². The van der Waals surface area contributed by atoms with Gasteiger partial charge in [-0.3, -0.25) is 9.59 Å². The zero-order chi connectivity index (χ0) is 17.2. The third-order valence-electron chi connectivity index (χ3n) is 5.74. The molecular weight excluding hydrogens is 332 g/mol. The van der Waals surface area contributed by atoms with Crippen molar-refractivity contribution in [1.82, 2.24) is 9.80 Å². The van der Waals surface area contributed by atoms with Crippen LogP contribution in [-0.4, -0.2) is 53.5 Å². The summed E-state index contributed by atoms with van der Waals surface area (Å²) >= 11 is 1.89. The molecule has 134 valence electrons. The molecule has 25 heavy (non-hydrogen) atoms. The predicted octanol–water partition coefficient (Wildman–Crippen LogP) is 3.20. The van der Waals surface area contributed by atoms with E-state index in [-0.39, 0.29) is 11.8 Å². The molecule has 4 rings (SSSR count). The Hall–Kier alpha value is -1.49. The molecule has 2 fully saturated rings. The molecule has 0 bridgehead atoms. The summed E-state index contributed by atoms with van der Waals surface area (Å²) in [4.78, 5) is 30.6. The summed E-state index contributed by atoms with van der Waals surface area (Å²) in [6.07, 6.45) is 6.73. The van der Waals surface area contributed by atoms with Crippen LogP contribution in [-0.2, 0) is 11.2 Å². The molecule has 0 aromatic heterocycles. The van der Waals surface area contributed by atoms with Gasteiger partial charge in [0.2, 0.25) is 5.91 Å². The minimum Gasteiger partial charge on any atom is -0.339 e. The summed E-state index contributed by atoms with van der Waals surface area (Å²) in [5.41, 5.74) is 2.12. The Labute approximate surface area is 153 Å². The van der Waals surface area contributed by atoms with Gasteiger partial charge in [-0.15, -0.1) is 11.8 Å². The van der Waals surface area contributed by atoms with Crippen LogP contribution in [0.4, 0.5) is 0 Å². The Balaban J connectivity index is 1.37. The van der Waals surface area contributed by atoms with Gasteiger partial charge in [0.1, 0.15) is 0 Å². The minimum absolute atomic E-state index is 0.117. The van der Waals surface area contributed by atoms with E-state index in [0.717, 1.165) is 24.8 Å². The molecule has 0 spiro atoms. The van der Waals surface area contributed by atoms with Crippen molar-refractivity contribution in [2.24, 2.45) is 5.92 Å². The minimum atomic E-state index is 0.117. The van der Waals surface area contributed by atoms with Gasteiger partial charge in [0.25, 0.3) is 5.91 Å². The topological polar surface area (TPSA) is 40.6 Å². The van der Waals surface area contributed by atoms with Crippen LogP contribution in [0.3, 0.4) is 0 Å². The number of aryl methyl sites for hydroxylation is 1. The number of carbonyl (C=O) groups excluding carboxylic acids is 2. The summed E-state index contributed by atoms with van der Waals surface area (Å²) in [6.45, 7) is 2.68. The quantitative estimate of drug-likeness (QED) is 0.815. The van der Waals surface area contributed by atoms with Crippen molar-refractivity contribution in [3.8, 4) is 0 Å². The van der Waals surface area contributed by atoms with Crippen LogP contribution in [0.15, 0.2) is 23.1 Å². The van der Waals surface area contributed by atoms with E-state index in [1.54, 1.807) is 0 Å². The molecule has 1 aromatic rings. The van der Waals surface area contributed by atoms with Crippen molar-refractivity contribution in [1.29, 1.82) is 0 Å². The number of carbonyl (C=O) groups is 2. The second kappa shape index (κ2) is 7.40. The first kappa shape index (κ1) is 17.0. The van der Waals surface area contributed by atoms with E-state index in [1.165, 1.54) is 35.5 Å². The van der Waals surface area contributed by atoms with Crippen molar-refractivity contribution in [2.45, 2.75) is 43.4 Å². The zero-order valence-electron chi connectivity index (χ0n) is 14.7. The zero-order valence-corrected chi connectivity index (χ0v) is 15.5. The lowest BCUT2D eigenvalue weighted by atomic mass is 10.0. The van der Waals surface area contributed by atoms with Crippen molar-refractivity contribution < 1.29 is 9.59 Å². The Bertz CT molecular complexity index is 662. The third-order valence-corrected chi connectivity index (χ3v) is 6.94. The molecule has 2 heterocycles. The fourth-order valence-corrected chi connectivity index (χ4v) is 5.26. The fourth-order valence-electron chi connectivity index (χ4n) is 4.24. The average Bonchev–Trinajstić information content (AvgIpc) is 3.21. The predicted molar refractivity (Wildman–Crippen MR) is 99.9 cm³/mol. The van der Waals surface area contributed by atoms with E-state index in [1.807, 2.05) is 27.6 Å². The Kier molecular flexibility index (Phi) is 5.02. The highest BCUT2D eigenvalue weighted by Crippen LogP contribution is 2.31. The maximum atomic E-state index is 12.8. The summed E-state index contributed by atoms with van der Waals surface area (Å²) in [7, 11) is 0. The number of amides is 2. The molecular formula is C20H26N2O2S. The molecule has 0 unspecified atom stereocenters. The van der Waals surface area contributed by atoms with Gasteiger partial charge < -0.3 is 9.80 Å². The van der Waals surface area contributed by atoms with E-state index >= 15 is 0 Å². The van der Waals surface area contributed by atoms with Gasteiger partial charge in [0.05, 0.1) is 0 Å². The monoisotopic (exact) mass is 358 g/mol. The van der Waals surface area contributed by atoms with E-state index in [2.05, 4.69) is 12.1 Å². The lowest BCUT2D eigenvalue weighted by molar-refractivity contribution is -0.136. The Morgan fingerprint density at radius 3 is 2.44 bits per heavy atom. The summed E-state index contributed by atoms with van der Waals surface area (Å²) in [5.74, 6) is 1.85. The SMILES string of the molecule is O=C(c1ccc2c(c1)CCCS2)N1CCN(C(=O)C2CCCC2)CC1. The molecule has 1 saturated heterocycles. The lowest BCUT2D eigenvalue weighted by Crippen LogP contribution is -2.51. The number of thioether (sulfide) groups is 1. The largest absolute Gasteiger partial charge is 0.339 e. The van der Waals surface area contributed by atoms with Crippen molar-refractivity contribution in [2.75, 3.05) is 31.9 Å². The van der Waals surface area contributed by atoms with E-state index in [0.29, 0.717) is 32.1 Å². The van der Waals surface area contributed by atoms with Crippen molar-refractivity contribution >= 4 is 23.6 Å². The molecule has 1 aliphatic carbocycles. The number of hydrogen-bond donors (Lipinski definition) is 0. The van der Waals surface area contributed by atoms with Crippen molar-refractivity contribution in [3.63, 3.8) is 0 Å². The average molecular weight is 359 g/mol. The van der Waals surface area contributed by atoms with Crippen LogP contribution in [0.5, 0.6) is 0 Å². The van der Waals surface area contributed by atoms with E-state index < -0.39 is 0 Å². The van der Waals surface area contributed by atoms with Crippen LogP contribution in [0.1, 0.15) is 48.0 Å². The van der Waals surface area contributed by atoms with Crippen LogP contribution in [0, 0.1) is 5.92 Å². The second-order valence-corrected chi connectivity index (χ2v) is 8.51. The maximum absolute atomic E-state index is 12.8. The molecule has 4 nitrogen and oxygen atoms in total. The van der Waals surface area contributed by atoms with Gasteiger partial charge >= 0.3 is 0 Å². The normalized spacial score (nSPS) is 21.3. The molecule has 3 aliphatic rings. The number of fused-ring (bicyclic) bond motifs is 1. The van der Waals surface area contributed by atoms with Crippen molar-refractivity contribution in [3.05, 3.63) is 29.3 Å². The highest BCUT2D eigenvalue weighted by atomic mass is 32.2. The lowest BCUT2D eigenvalue weighted by Gasteiger charge is -2.36. The highest BCUT2D eigenvalue weighted by molar-refractivity contribution is 7.99. The first-order valence-corrected chi connectivity index (χ1v) is 10.5. The first-order valence-electron chi connectivity index (χ1n) is 9.56. The molecule has 5 heteroatoms. The van der Waals surface area contributed by atoms with E-state index in [9.17, 15) is 9.59 Å². The van der Waals surface area contributed by atoms with Gasteiger partial charge in [-0.25, -0.2) is 0 Å². The molecule has 1 saturated carbocycles. The van der Waals surface area contributed by atoms with Gasteiger partial charge in [-0.1, -0.05) is 12.8 Å². The number of hydrogen-bond acceptors (Lipinski definition) is 3. The number of nitrogens with zero attached hydrogens (tertiary/aromatic N) is 2. The summed E-state index contributed by atoms with van der Waals surface area (Å²) < 4.78 is 0. The van der Waals surface area contributed by atoms with Crippen LogP contribution < -0.4 is 0 Å². The summed E-state index contributed by atoms with van der Waals surface area (Å²) in [6, 6.07) is 6.15. The molecule has 1 aromatic carbocycles. The molecule has 0 radical (unpaired) electrons. The summed E-state index contributed by atoms with van der Waals surface area (Å²) in [5, 5.41) is 0. The molecule has 0 N–H and O–H groups in total.